The van der Waals surface area contributed by atoms with Gasteiger partial charge in [0.15, 0.2) is 10.9 Å². The van der Waals surface area contributed by atoms with Crippen molar-refractivity contribution in [1.82, 2.24) is 4.98 Å². The van der Waals surface area contributed by atoms with Crippen LogP contribution >= 0.6 is 22.9 Å². The van der Waals surface area contributed by atoms with Crippen LogP contribution in [0, 0.1) is 5.92 Å². The molecule has 3 N–H and O–H groups in total. The lowest BCUT2D eigenvalue weighted by Crippen LogP contribution is -2.20. The predicted octanol–water partition coefficient (Wildman–Crippen LogP) is 4.44. The predicted molar refractivity (Wildman–Crippen MR) is 104 cm³/mol. The molecule has 7 nitrogen and oxygen atoms in total. The van der Waals surface area contributed by atoms with Gasteiger partial charge in [-0.05, 0) is 30.5 Å². The van der Waals surface area contributed by atoms with Crippen LogP contribution in [0.25, 0.3) is 0 Å². The lowest BCUT2D eigenvalue weighted by molar-refractivity contribution is -0.136. The van der Waals surface area contributed by atoms with Gasteiger partial charge in [-0.25, -0.2) is 9.78 Å². The minimum absolute atomic E-state index is 0.0560. The number of carboxylic acids is 1. The number of carbonyl (C=O) groups is 3. The molecule has 1 saturated carbocycles. The van der Waals surface area contributed by atoms with Crippen LogP contribution < -0.4 is 10.6 Å². The molecule has 1 aliphatic rings. The monoisotopic (exact) mass is 407 g/mol. The van der Waals surface area contributed by atoms with Gasteiger partial charge < -0.3 is 10.4 Å². The second kappa shape index (κ2) is 8.49. The smallest absolute Gasteiger partial charge is 0.325 e. The molecule has 0 radical (unpaired) electrons. The minimum Gasteiger partial charge on any atom is -0.481 e. The largest absolute Gasteiger partial charge is 0.481 e. The fourth-order valence-corrected chi connectivity index (χ4v) is 3.99. The number of hydrogen-bond acceptors (Lipinski definition) is 5. The number of Topliss-reactive ketones (excluding diaryl/α,β-unsaturated/α-hetero) is 1. The van der Waals surface area contributed by atoms with Gasteiger partial charge >= 0.3 is 12.0 Å². The van der Waals surface area contributed by atoms with Crippen LogP contribution in [0.5, 0.6) is 0 Å². The average molecular weight is 408 g/mol. The lowest BCUT2D eigenvalue weighted by atomic mass is 9.91. The maximum atomic E-state index is 12.8. The molecule has 2 aromatic rings. The summed E-state index contributed by atoms with van der Waals surface area (Å²) in [4.78, 5) is 40.0. The molecule has 1 aromatic carbocycles. The third kappa shape index (κ3) is 5.05. The van der Waals surface area contributed by atoms with E-state index in [0.717, 1.165) is 37.0 Å². The number of nitrogens with zero attached hydrogens (tertiary/aromatic N) is 1. The highest BCUT2D eigenvalue weighted by Gasteiger charge is 2.26. The van der Waals surface area contributed by atoms with E-state index >= 15 is 0 Å². The summed E-state index contributed by atoms with van der Waals surface area (Å²) in [6.07, 6.45) is 4.82. The first-order chi connectivity index (χ1) is 12.9. The van der Waals surface area contributed by atoms with Crippen LogP contribution in [0.4, 0.5) is 15.6 Å². The Hall–Kier alpha value is -2.45. The summed E-state index contributed by atoms with van der Waals surface area (Å²) >= 11 is 6.90. The van der Waals surface area contributed by atoms with Gasteiger partial charge in [-0.3, -0.25) is 14.9 Å². The van der Waals surface area contributed by atoms with Crippen molar-refractivity contribution in [3.05, 3.63) is 39.9 Å². The molecule has 27 heavy (non-hydrogen) atoms. The first-order valence-electron chi connectivity index (χ1n) is 8.50. The fourth-order valence-electron chi connectivity index (χ4n) is 3.18. The lowest BCUT2D eigenvalue weighted by Gasteiger charge is -2.14. The van der Waals surface area contributed by atoms with Crippen molar-refractivity contribution in [3.63, 3.8) is 0 Å². The molecular weight excluding hydrogens is 390 g/mol. The molecule has 0 bridgehead atoms. The number of anilines is 2. The molecule has 0 atom stereocenters. The van der Waals surface area contributed by atoms with E-state index in [-0.39, 0.29) is 18.1 Å². The molecule has 2 amide bonds. The zero-order valence-corrected chi connectivity index (χ0v) is 15.9. The van der Waals surface area contributed by atoms with Gasteiger partial charge in [-0.2, -0.15) is 0 Å². The SMILES string of the molecule is O=C(O)Cc1ccc(NC(=O)Nc2ncc(Cl)s2)cc1C(=O)C1CCCC1. The number of urea groups is 1. The zero-order chi connectivity index (χ0) is 19.4. The van der Waals surface area contributed by atoms with Gasteiger partial charge in [0, 0.05) is 17.2 Å². The van der Waals surface area contributed by atoms with Gasteiger partial charge in [0.1, 0.15) is 4.34 Å². The number of aromatic nitrogens is 1. The summed E-state index contributed by atoms with van der Waals surface area (Å²) in [5, 5.41) is 14.7. The van der Waals surface area contributed by atoms with E-state index < -0.39 is 12.0 Å². The molecule has 142 valence electrons. The third-order valence-corrected chi connectivity index (χ3v) is 5.43. The van der Waals surface area contributed by atoms with E-state index in [1.807, 2.05) is 0 Å². The highest BCUT2D eigenvalue weighted by molar-refractivity contribution is 7.19. The second-order valence-corrected chi connectivity index (χ2v) is 8.00. The molecule has 1 heterocycles. The standard InChI is InChI=1S/C18H18ClN3O4S/c19-14-9-20-18(27-14)22-17(26)21-12-6-5-11(7-15(23)24)13(8-12)16(25)10-3-1-2-4-10/h5-6,8-10H,1-4,7H2,(H,23,24)(H2,20,21,22,26). The van der Waals surface area contributed by atoms with Crippen LogP contribution in [-0.4, -0.2) is 27.9 Å². The van der Waals surface area contributed by atoms with Crippen LogP contribution in [0.1, 0.15) is 41.6 Å². The summed E-state index contributed by atoms with van der Waals surface area (Å²) in [5.41, 5.74) is 1.22. The van der Waals surface area contributed by atoms with Gasteiger partial charge in [0.2, 0.25) is 0 Å². The van der Waals surface area contributed by atoms with Crippen LogP contribution in [0.2, 0.25) is 4.34 Å². The Morgan fingerprint density at radius 1 is 1.22 bits per heavy atom. The van der Waals surface area contributed by atoms with Gasteiger partial charge in [0.25, 0.3) is 0 Å². The van der Waals surface area contributed by atoms with E-state index in [1.165, 1.54) is 6.20 Å². The molecule has 0 saturated heterocycles. The molecular formula is C18H18ClN3O4S. The highest BCUT2D eigenvalue weighted by atomic mass is 35.5. The topological polar surface area (TPSA) is 108 Å². The van der Waals surface area contributed by atoms with E-state index in [9.17, 15) is 14.4 Å². The zero-order valence-electron chi connectivity index (χ0n) is 14.3. The number of hydrogen-bond donors (Lipinski definition) is 3. The van der Waals surface area contributed by atoms with E-state index in [0.29, 0.717) is 26.3 Å². The summed E-state index contributed by atoms with van der Waals surface area (Å²) in [6, 6.07) is 4.18. The Morgan fingerprint density at radius 2 is 1.96 bits per heavy atom. The van der Waals surface area contributed by atoms with E-state index in [1.54, 1.807) is 18.2 Å². The highest BCUT2D eigenvalue weighted by Crippen LogP contribution is 2.30. The maximum absolute atomic E-state index is 12.8. The second-order valence-electron chi connectivity index (χ2n) is 6.34. The summed E-state index contributed by atoms with van der Waals surface area (Å²) in [6.45, 7) is 0. The van der Waals surface area contributed by atoms with Crippen molar-refractivity contribution >= 4 is 51.5 Å². The Kier molecular flexibility index (Phi) is 6.08. The molecule has 3 rings (SSSR count). The van der Waals surface area contributed by atoms with Gasteiger partial charge in [-0.1, -0.05) is 41.8 Å². The number of benzene rings is 1. The minimum atomic E-state index is -1.01. The quantitative estimate of drug-likeness (QED) is 0.613. The summed E-state index contributed by atoms with van der Waals surface area (Å²) < 4.78 is 0.452. The molecule has 0 unspecified atom stereocenters. The number of carbonyl (C=O) groups excluding carboxylic acids is 2. The molecule has 1 aromatic heterocycles. The van der Waals surface area contributed by atoms with E-state index in [4.69, 9.17) is 16.7 Å². The number of amides is 2. The van der Waals surface area contributed by atoms with Crippen LogP contribution in [-0.2, 0) is 11.2 Å². The molecule has 1 aliphatic carbocycles. The third-order valence-electron chi connectivity index (χ3n) is 4.40. The Balaban J connectivity index is 1.79. The molecule has 1 fully saturated rings. The normalized spacial score (nSPS) is 14.1. The molecule has 9 heteroatoms. The number of nitrogens with one attached hydrogen (secondary N) is 2. The van der Waals surface area contributed by atoms with Crippen molar-refractivity contribution in [2.45, 2.75) is 32.1 Å². The van der Waals surface area contributed by atoms with Gasteiger partial charge in [0.05, 0.1) is 12.6 Å². The first-order valence-corrected chi connectivity index (χ1v) is 9.70. The maximum Gasteiger partial charge on any atom is 0.325 e. The van der Waals surface area contributed by atoms with Crippen molar-refractivity contribution in [1.29, 1.82) is 0 Å². The average Bonchev–Trinajstić information content (AvgIpc) is 3.27. The number of thiazole rings is 1. The Morgan fingerprint density at radius 3 is 2.59 bits per heavy atom. The van der Waals surface area contributed by atoms with E-state index in [2.05, 4.69) is 15.6 Å². The number of halogens is 1. The van der Waals surface area contributed by atoms with Crippen molar-refractivity contribution in [2.75, 3.05) is 10.6 Å². The fraction of sp³-hybridized carbons (Fsp3) is 0.333. The number of ketones is 1. The Labute approximate surface area is 164 Å². The van der Waals surface area contributed by atoms with Crippen molar-refractivity contribution in [2.24, 2.45) is 5.92 Å². The molecule has 0 aliphatic heterocycles. The summed E-state index contributed by atoms with van der Waals surface area (Å²) in [5.74, 6) is -1.15. The number of rotatable bonds is 6. The van der Waals surface area contributed by atoms with Crippen LogP contribution in [0.3, 0.4) is 0 Å². The first kappa shape index (κ1) is 19.3. The van der Waals surface area contributed by atoms with Crippen molar-refractivity contribution in [3.8, 4) is 0 Å². The van der Waals surface area contributed by atoms with Crippen LogP contribution in [0.15, 0.2) is 24.4 Å². The number of carboxylic acid groups (broad SMARTS) is 1. The summed E-state index contributed by atoms with van der Waals surface area (Å²) in [7, 11) is 0. The van der Waals surface area contributed by atoms with Crippen molar-refractivity contribution < 1.29 is 19.5 Å². The number of aliphatic carboxylic acids is 1. The van der Waals surface area contributed by atoms with Gasteiger partial charge in [-0.15, -0.1) is 0 Å². The molecule has 0 spiro atoms. The Bertz CT molecular complexity index is 877.